The summed E-state index contributed by atoms with van der Waals surface area (Å²) < 4.78 is 5.15. The van der Waals surface area contributed by atoms with Crippen LogP contribution in [0.2, 0.25) is 0 Å². The van der Waals surface area contributed by atoms with Crippen molar-refractivity contribution < 1.29 is 4.74 Å². The molecule has 0 aliphatic carbocycles. The molecule has 0 fully saturated rings. The largest absolute Gasteiger partial charge is 0.492 e. The van der Waals surface area contributed by atoms with Gasteiger partial charge in [-0.05, 0) is 6.42 Å². The summed E-state index contributed by atoms with van der Waals surface area (Å²) in [6.07, 6.45) is 2.41. The summed E-state index contributed by atoms with van der Waals surface area (Å²) >= 11 is 0. The van der Waals surface area contributed by atoms with E-state index >= 15 is 0 Å². The van der Waals surface area contributed by atoms with Gasteiger partial charge in [-0.3, -0.25) is 4.79 Å². The van der Waals surface area contributed by atoms with Gasteiger partial charge in [0.25, 0.3) is 5.56 Å². The molecule has 0 aromatic carbocycles. The van der Waals surface area contributed by atoms with Crippen molar-refractivity contribution in [2.45, 2.75) is 13.3 Å². The van der Waals surface area contributed by atoms with Crippen molar-refractivity contribution in [3.05, 3.63) is 22.6 Å². The summed E-state index contributed by atoms with van der Waals surface area (Å²) in [5.74, 6) is 0.524. The minimum Gasteiger partial charge on any atom is -0.492 e. The van der Waals surface area contributed by atoms with Crippen molar-refractivity contribution >= 4 is 0 Å². The van der Waals surface area contributed by atoms with E-state index in [9.17, 15) is 4.79 Å². The molecule has 4 nitrogen and oxygen atoms in total. The fourth-order valence-corrected chi connectivity index (χ4v) is 0.657. The summed E-state index contributed by atoms with van der Waals surface area (Å²) in [5.41, 5.74) is -0.237. The molecule has 4 heteroatoms. The van der Waals surface area contributed by atoms with Crippen LogP contribution in [0.25, 0.3) is 0 Å². The van der Waals surface area contributed by atoms with Crippen LogP contribution in [0.3, 0.4) is 0 Å². The molecule has 1 N–H and O–H groups in total. The van der Waals surface area contributed by atoms with Crippen molar-refractivity contribution in [2.24, 2.45) is 0 Å². The quantitative estimate of drug-likeness (QED) is 0.692. The lowest BCUT2D eigenvalue weighted by atomic mass is 10.5. The van der Waals surface area contributed by atoms with Crippen LogP contribution in [0, 0.1) is 0 Å². The number of nitrogens with zero attached hydrogens (tertiary/aromatic N) is 1. The lowest BCUT2D eigenvalue weighted by Crippen LogP contribution is -2.07. The number of H-pyrrole nitrogens is 1. The van der Waals surface area contributed by atoms with Crippen LogP contribution >= 0.6 is 0 Å². The lowest BCUT2D eigenvalue weighted by molar-refractivity contribution is 0.315. The second-order valence-corrected chi connectivity index (χ2v) is 2.13. The predicted molar refractivity (Wildman–Crippen MR) is 40.6 cm³/mol. The Bertz CT molecular complexity index is 269. The highest BCUT2D eigenvalue weighted by molar-refractivity contribution is 5.12. The van der Waals surface area contributed by atoms with Crippen LogP contribution in [-0.2, 0) is 0 Å². The van der Waals surface area contributed by atoms with Crippen molar-refractivity contribution in [1.82, 2.24) is 10.2 Å². The third-order valence-corrected chi connectivity index (χ3v) is 1.11. The molecule has 11 heavy (non-hydrogen) atoms. The average molecular weight is 154 g/mol. The van der Waals surface area contributed by atoms with Crippen molar-refractivity contribution in [3.8, 4) is 5.75 Å². The second-order valence-electron chi connectivity index (χ2n) is 2.13. The number of hydrogen-bond donors (Lipinski definition) is 1. The van der Waals surface area contributed by atoms with Gasteiger partial charge in [-0.2, -0.15) is 5.10 Å². The molecule has 60 valence electrons. The van der Waals surface area contributed by atoms with Crippen molar-refractivity contribution in [2.75, 3.05) is 6.61 Å². The van der Waals surface area contributed by atoms with E-state index in [0.29, 0.717) is 12.4 Å². The van der Waals surface area contributed by atoms with Gasteiger partial charge in [-0.25, -0.2) is 5.10 Å². The molecule has 1 aromatic rings. The van der Waals surface area contributed by atoms with Gasteiger partial charge < -0.3 is 4.74 Å². The molecule has 0 spiro atoms. The zero-order valence-corrected chi connectivity index (χ0v) is 6.33. The SMILES string of the molecule is CCCOc1cn[nH]c(=O)c1. The fraction of sp³-hybridized carbons (Fsp3) is 0.429. The van der Waals surface area contributed by atoms with Gasteiger partial charge in [-0.1, -0.05) is 6.92 Å². The second kappa shape index (κ2) is 3.75. The highest BCUT2D eigenvalue weighted by Crippen LogP contribution is 2.01. The summed E-state index contributed by atoms with van der Waals surface area (Å²) in [6.45, 7) is 2.62. The molecular weight excluding hydrogens is 144 g/mol. The topological polar surface area (TPSA) is 55.0 Å². The van der Waals surface area contributed by atoms with E-state index in [1.165, 1.54) is 12.3 Å². The van der Waals surface area contributed by atoms with Crippen LogP contribution in [0.1, 0.15) is 13.3 Å². The zero-order chi connectivity index (χ0) is 8.10. The highest BCUT2D eigenvalue weighted by atomic mass is 16.5. The first-order valence-corrected chi connectivity index (χ1v) is 3.50. The van der Waals surface area contributed by atoms with E-state index in [2.05, 4.69) is 10.2 Å². The molecule has 0 radical (unpaired) electrons. The number of ether oxygens (including phenoxy) is 1. The summed E-state index contributed by atoms with van der Waals surface area (Å²) in [5, 5.41) is 5.84. The number of aromatic nitrogens is 2. The molecule has 1 rings (SSSR count). The molecule has 1 aromatic heterocycles. The number of rotatable bonds is 3. The molecule has 1 heterocycles. The molecule has 0 saturated heterocycles. The molecule has 0 atom stereocenters. The van der Waals surface area contributed by atoms with Crippen LogP contribution in [0.4, 0.5) is 0 Å². The minimum absolute atomic E-state index is 0.237. The lowest BCUT2D eigenvalue weighted by Gasteiger charge is -2.00. The predicted octanol–water partition coefficient (Wildman–Crippen LogP) is 0.559. The van der Waals surface area contributed by atoms with Gasteiger partial charge in [-0.15, -0.1) is 0 Å². The fourth-order valence-electron chi connectivity index (χ4n) is 0.657. The van der Waals surface area contributed by atoms with Crippen LogP contribution < -0.4 is 10.3 Å². The van der Waals surface area contributed by atoms with E-state index in [4.69, 9.17) is 4.74 Å². The van der Waals surface area contributed by atoms with Crippen molar-refractivity contribution in [3.63, 3.8) is 0 Å². The molecule has 0 saturated carbocycles. The maximum Gasteiger partial charge on any atom is 0.267 e. The van der Waals surface area contributed by atoms with Crippen molar-refractivity contribution in [1.29, 1.82) is 0 Å². The summed E-state index contributed by atoms with van der Waals surface area (Å²) in [7, 11) is 0. The van der Waals surface area contributed by atoms with Gasteiger partial charge in [0.05, 0.1) is 12.8 Å². The van der Waals surface area contributed by atoms with Gasteiger partial charge in [0.2, 0.25) is 0 Å². The van der Waals surface area contributed by atoms with Gasteiger partial charge in [0.15, 0.2) is 0 Å². The maximum atomic E-state index is 10.7. The van der Waals surface area contributed by atoms with E-state index in [-0.39, 0.29) is 5.56 Å². The number of hydrogen-bond acceptors (Lipinski definition) is 3. The molecule has 0 amide bonds. The Kier molecular flexibility index (Phi) is 2.66. The molecule has 0 unspecified atom stereocenters. The third-order valence-electron chi connectivity index (χ3n) is 1.11. The Hall–Kier alpha value is -1.32. The Morgan fingerprint density at radius 2 is 2.55 bits per heavy atom. The van der Waals surface area contributed by atoms with Crippen LogP contribution in [0.15, 0.2) is 17.1 Å². The smallest absolute Gasteiger partial charge is 0.267 e. The van der Waals surface area contributed by atoms with Gasteiger partial charge >= 0.3 is 0 Å². The first kappa shape index (κ1) is 7.78. The Morgan fingerprint density at radius 1 is 1.73 bits per heavy atom. The number of nitrogens with one attached hydrogen (secondary N) is 1. The van der Waals surface area contributed by atoms with E-state index in [0.717, 1.165) is 6.42 Å². The molecule has 0 bridgehead atoms. The van der Waals surface area contributed by atoms with E-state index in [1.54, 1.807) is 0 Å². The summed E-state index contributed by atoms with van der Waals surface area (Å²) in [6, 6.07) is 1.38. The molecule has 0 aliphatic heterocycles. The zero-order valence-electron chi connectivity index (χ0n) is 6.33. The summed E-state index contributed by atoms with van der Waals surface area (Å²) in [4.78, 5) is 10.7. The number of aromatic amines is 1. The third kappa shape index (κ3) is 2.41. The Labute approximate surface area is 64.2 Å². The molecular formula is C7H10N2O2. The first-order chi connectivity index (χ1) is 5.33. The van der Waals surface area contributed by atoms with Gasteiger partial charge in [0, 0.05) is 6.07 Å². The standard InChI is InChI=1S/C7H10N2O2/c1-2-3-11-6-4-7(10)9-8-5-6/h4-5H,2-3H2,1H3,(H,9,10). The normalized spacial score (nSPS) is 9.55. The van der Waals surface area contributed by atoms with E-state index < -0.39 is 0 Å². The van der Waals surface area contributed by atoms with Gasteiger partial charge in [0.1, 0.15) is 5.75 Å². The minimum atomic E-state index is -0.237. The van der Waals surface area contributed by atoms with Crippen LogP contribution in [-0.4, -0.2) is 16.8 Å². The van der Waals surface area contributed by atoms with Crippen LogP contribution in [0.5, 0.6) is 5.75 Å². The highest BCUT2D eigenvalue weighted by Gasteiger charge is 1.92. The molecule has 0 aliphatic rings. The Morgan fingerprint density at radius 3 is 3.18 bits per heavy atom. The monoisotopic (exact) mass is 154 g/mol. The van der Waals surface area contributed by atoms with E-state index in [1.807, 2.05) is 6.92 Å². The Balaban J connectivity index is 2.64. The maximum absolute atomic E-state index is 10.7. The average Bonchev–Trinajstić information content (AvgIpc) is 2.01. The first-order valence-electron chi connectivity index (χ1n) is 3.50.